The second-order valence-corrected chi connectivity index (χ2v) is 7.63. The van der Waals surface area contributed by atoms with Crippen molar-refractivity contribution < 1.29 is 13.2 Å². The van der Waals surface area contributed by atoms with Gasteiger partial charge in [0, 0.05) is 25.7 Å². The van der Waals surface area contributed by atoms with Crippen molar-refractivity contribution >= 4 is 10.0 Å². The third-order valence-corrected chi connectivity index (χ3v) is 5.76. The molecule has 1 aliphatic heterocycles. The fraction of sp³-hybridized carbons (Fsp3) is 1.00. The van der Waals surface area contributed by atoms with Crippen LogP contribution in [0.4, 0.5) is 0 Å². The van der Waals surface area contributed by atoms with Crippen molar-refractivity contribution in [3.63, 3.8) is 0 Å². The number of sulfonamides is 1. The van der Waals surface area contributed by atoms with Crippen molar-refractivity contribution in [2.75, 3.05) is 38.6 Å². The van der Waals surface area contributed by atoms with Gasteiger partial charge in [-0.05, 0) is 45.1 Å². The zero-order valence-electron chi connectivity index (χ0n) is 11.8. The topological polar surface area (TPSA) is 58.6 Å². The highest BCUT2D eigenvalue weighted by Crippen LogP contribution is 2.22. The third-order valence-electron chi connectivity index (χ3n) is 3.93. The molecule has 2 rings (SSSR count). The minimum Gasteiger partial charge on any atom is -0.381 e. The van der Waals surface area contributed by atoms with Gasteiger partial charge in [-0.1, -0.05) is 0 Å². The van der Waals surface area contributed by atoms with E-state index in [1.807, 2.05) is 6.92 Å². The Kier molecular flexibility index (Phi) is 5.62. The fourth-order valence-electron chi connectivity index (χ4n) is 2.45. The van der Waals surface area contributed by atoms with Crippen molar-refractivity contribution in [1.82, 2.24) is 9.62 Å². The van der Waals surface area contributed by atoms with E-state index >= 15 is 0 Å². The lowest BCUT2D eigenvalue weighted by Crippen LogP contribution is -2.42. The molecule has 1 N–H and O–H groups in total. The van der Waals surface area contributed by atoms with Crippen LogP contribution in [0.2, 0.25) is 0 Å². The Bertz CT molecular complexity index is 360. The Morgan fingerprint density at radius 2 is 1.89 bits per heavy atom. The maximum Gasteiger partial charge on any atom is 0.216 e. The van der Waals surface area contributed by atoms with Crippen LogP contribution in [-0.2, 0) is 14.8 Å². The van der Waals surface area contributed by atoms with Crippen molar-refractivity contribution in [3.05, 3.63) is 0 Å². The summed E-state index contributed by atoms with van der Waals surface area (Å²) in [7, 11) is -3.11. The third kappa shape index (κ3) is 5.02. The summed E-state index contributed by atoms with van der Waals surface area (Å²) >= 11 is 0. The van der Waals surface area contributed by atoms with Crippen LogP contribution >= 0.6 is 0 Å². The summed E-state index contributed by atoms with van der Waals surface area (Å²) in [6.45, 7) is 5.16. The van der Waals surface area contributed by atoms with Crippen molar-refractivity contribution in [1.29, 1.82) is 0 Å². The minimum absolute atomic E-state index is 0.117. The Balaban J connectivity index is 1.68. The van der Waals surface area contributed by atoms with E-state index in [0.717, 1.165) is 25.4 Å². The highest BCUT2D eigenvalue weighted by Gasteiger charge is 2.29. The number of ether oxygens (including phenoxy) is 1. The van der Waals surface area contributed by atoms with E-state index in [1.165, 1.54) is 12.8 Å². The number of nitrogens with one attached hydrogen (secondary N) is 1. The molecule has 0 bridgehead atoms. The van der Waals surface area contributed by atoms with Crippen LogP contribution in [0.5, 0.6) is 0 Å². The molecule has 0 radical (unpaired) electrons. The molecule has 1 saturated heterocycles. The fourth-order valence-corrected chi connectivity index (χ4v) is 3.80. The summed E-state index contributed by atoms with van der Waals surface area (Å²) < 4.78 is 30.9. The maximum atomic E-state index is 12.1. The van der Waals surface area contributed by atoms with E-state index < -0.39 is 10.0 Å². The first-order valence-corrected chi connectivity index (χ1v) is 9.01. The largest absolute Gasteiger partial charge is 0.381 e. The summed E-state index contributed by atoms with van der Waals surface area (Å²) in [5.41, 5.74) is 0. The van der Waals surface area contributed by atoms with E-state index in [-0.39, 0.29) is 5.75 Å². The molecule has 19 heavy (non-hydrogen) atoms. The molecule has 0 aromatic carbocycles. The summed E-state index contributed by atoms with van der Waals surface area (Å²) in [5.74, 6) is 0.755. The van der Waals surface area contributed by atoms with Gasteiger partial charge in [0.2, 0.25) is 10.0 Å². The van der Waals surface area contributed by atoms with Crippen LogP contribution in [0.15, 0.2) is 0 Å². The molecule has 112 valence electrons. The Hall–Kier alpha value is -0.170. The van der Waals surface area contributed by atoms with E-state index in [0.29, 0.717) is 32.2 Å². The Morgan fingerprint density at radius 3 is 2.47 bits per heavy atom. The second kappa shape index (κ2) is 7.02. The lowest BCUT2D eigenvalue weighted by atomic mass is 9.98. The van der Waals surface area contributed by atoms with Gasteiger partial charge in [-0.3, -0.25) is 0 Å². The van der Waals surface area contributed by atoms with Gasteiger partial charge in [0.25, 0.3) is 0 Å². The van der Waals surface area contributed by atoms with E-state index in [2.05, 4.69) is 5.32 Å². The van der Waals surface area contributed by atoms with Crippen LogP contribution < -0.4 is 5.32 Å². The molecule has 1 heterocycles. The van der Waals surface area contributed by atoms with Crippen molar-refractivity contribution in [3.8, 4) is 0 Å². The van der Waals surface area contributed by atoms with E-state index in [1.54, 1.807) is 4.31 Å². The summed E-state index contributed by atoms with van der Waals surface area (Å²) in [4.78, 5) is 0. The molecular formula is C13H26N2O3S. The van der Waals surface area contributed by atoms with Gasteiger partial charge in [0.1, 0.15) is 0 Å². The van der Waals surface area contributed by atoms with Crippen LogP contribution in [0.25, 0.3) is 0 Å². The SMILES string of the molecule is CCOCCS(=O)(=O)N1CCC(CNC2CC2)CC1. The second-order valence-electron chi connectivity index (χ2n) is 5.54. The molecule has 0 atom stereocenters. The normalized spacial score (nSPS) is 22.8. The lowest BCUT2D eigenvalue weighted by Gasteiger charge is -2.31. The summed E-state index contributed by atoms with van der Waals surface area (Å²) in [6, 6.07) is 0.743. The van der Waals surface area contributed by atoms with Gasteiger partial charge in [-0.15, -0.1) is 0 Å². The van der Waals surface area contributed by atoms with Gasteiger partial charge in [-0.2, -0.15) is 0 Å². The monoisotopic (exact) mass is 290 g/mol. The van der Waals surface area contributed by atoms with Crippen molar-refractivity contribution in [2.45, 2.75) is 38.6 Å². The minimum atomic E-state index is -3.11. The molecule has 6 heteroatoms. The highest BCUT2D eigenvalue weighted by atomic mass is 32.2. The zero-order chi connectivity index (χ0) is 13.7. The van der Waals surface area contributed by atoms with Gasteiger partial charge < -0.3 is 10.1 Å². The van der Waals surface area contributed by atoms with Gasteiger partial charge in [-0.25, -0.2) is 12.7 Å². The predicted molar refractivity (Wildman–Crippen MR) is 75.6 cm³/mol. The van der Waals surface area contributed by atoms with E-state index in [9.17, 15) is 8.42 Å². The van der Waals surface area contributed by atoms with Gasteiger partial charge in [0.15, 0.2) is 0 Å². The molecule has 2 aliphatic rings. The molecule has 0 unspecified atom stereocenters. The van der Waals surface area contributed by atoms with Gasteiger partial charge >= 0.3 is 0 Å². The van der Waals surface area contributed by atoms with Crippen LogP contribution in [0, 0.1) is 5.92 Å². The standard InChI is InChI=1S/C13H26N2O3S/c1-2-18-9-10-19(16,17)15-7-5-12(6-8-15)11-14-13-3-4-13/h12-14H,2-11H2,1H3. The number of hydrogen-bond acceptors (Lipinski definition) is 4. The number of hydrogen-bond donors (Lipinski definition) is 1. The molecule has 2 fully saturated rings. The van der Waals surface area contributed by atoms with Crippen molar-refractivity contribution in [2.24, 2.45) is 5.92 Å². The molecule has 0 aromatic heterocycles. The average Bonchev–Trinajstić information content (AvgIpc) is 3.21. The van der Waals surface area contributed by atoms with Crippen LogP contribution in [0.3, 0.4) is 0 Å². The molecule has 5 nitrogen and oxygen atoms in total. The molecule has 1 aliphatic carbocycles. The quantitative estimate of drug-likeness (QED) is 0.672. The molecule has 1 saturated carbocycles. The number of piperidine rings is 1. The first kappa shape index (κ1) is 15.2. The molecular weight excluding hydrogens is 264 g/mol. The maximum absolute atomic E-state index is 12.1. The first-order valence-electron chi connectivity index (χ1n) is 7.40. The predicted octanol–water partition coefficient (Wildman–Crippen LogP) is 0.817. The number of rotatable bonds is 8. The number of nitrogens with zero attached hydrogens (tertiary/aromatic N) is 1. The first-order chi connectivity index (χ1) is 9.12. The molecule has 0 spiro atoms. The summed E-state index contributed by atoms with van der Waals surface area (Å²) in [6.07, 6.45) is 4.58. The average molecular weight is 290 g/mol. The van der Waals surface area contributed by atoms with Crippen LogP contribution in [0.1, 0.15) is 32.6 Å². The Labute approximate surface area is 116 Å². The van der Waals surface area contributed by atoms with Crippen LogP contribution in [-0.4, -0.2) is 57.4 Å². The smallest absolute Gasteiger partial charge is 0.216 e. The molecule has 0 amide bonds. The van der Waals surface area contributed by atoms with Gasteiger partial charge in [0.05, 0.1) is 12.4 Å². The lowest BCUT2D eigenvalue weighted by molar-refractivity contribution is 0.161. The van der Waals surface area contributed by atoms with E-state index in [4.69, 9.17) is 4.74 Å². The zero-order valence-corrected chi connectivity index (χ0v) is 12.6. The Morgan fingerprint density at radius 1 is 1.21 bits per heavy atom. The highest BCUT2D eigenvalue weighted by molar-refractivity contribution is 7.89. The molecule has 0 aromatic rings. The summed E-state index contributed by atoms with van der Waals surface area (Å²) in [5, 5.41) is 3.53.